The topological polar surface area (TPSA) is 70.0 Å². The van der Waals surface area contributed by atoms with Gasteiger partial charge in [-0.05, 0) is 31.5 Å². The van der Waals surface area contributed by atoms with Crippen molar-refractivity contribution in [3.05, 3.63) is 35.1 Å². The Hall–Kier alpha value is -1.44. The second kappa shape index (κ2) is 3.97. The van der Waals surface area contributed by atoms with Gasteiger partial charge in [-0.2, -0.15) is 5.26 Å². The van der Waals surface area contributed by atoms with Crippen LogP contribution >= 0.6 is 0 Å². The smallest absolute Gasteiger partial charge is 0.140 e. The second-order valence-corrected chi connectivity index (χ2v) is 4.07. The maximum Gasteiger partial charge on any atom is 0.140 e. The minimum atomic E-state index is -0.926. The summed E-state index contributed by atoms with van der Waals surface area (Å²) in [6.07, 6.45) is -0.926. The monoisotopic (exact) mass is 208 g/mol. The minimum Gasteiger partial charge on any atom is -0.387 e. The van der Waals surface area contributed by atoms with Gasteiger partial charge >= 0.3 is 0 Å². The first-order chi connectivity index (χ1) is 6.86. The molecule has 1 unspecified atom stereocenters. The van der Waals surface area contributed by atoms with Gasteiger partial charge < -0.3 is 10.8 Å². The lowest BCUT2D eigenvalue weighted by Crippen LogP contribution is -2.39. The summed E-state index contributed by atoms with van der Waals surface area (Å²) >= 11 is 0. The Kier molecular flexibility index (Phi) is 3.08. The molecule has 0 aliphatic rings. The zero-order chi connectivity index (χ0) is 11.6. The van der Waals surface area contributed by atoms with Crippen LogP contribution in [-0.4, -0.2) is 10.6 Å². The van der Waals surface area contributed by atoms with Crippen molar-refractivity contribution in [1.82, 2.24) is 0 Å². The highest BCUT2D eigenvalue weighted by Crippen LogP contribution is 2.24. The molecule has 0 saturated heterocycles. The van der Waals surface area contributed by atoms with Crippen LogP contribution < -0.4 is 5.73 Å². The number of hydrogen-bond acceptors (Lipinski definition) is 3. The number of nitrogens with two attached hydrogens (primary N) is 1. The maximum atomic E-state index is 13.0. The van der Waals surface area contributed by atoms with Crippen molar-refractivity contribution >= 4 is 0 Å². The van der Waals surface area contributed by atoms with Crippen molar-refractivity contribution < 1.29 is 9.50 Å². The molecule has 0 aliphatic carbocycles. The van der Waals surface area contributed by atoms with Crippen LogP contribution in [0.3, 0.4) is 0 Å². The zero-order valence-electron chi connectivity index (χ0n) is 8.66. The maximum absolute atomic E-state index is 13.0. The molecule has 4 heteroatoms. The quantitative estimate of drug-likeness (QED) is 0.773. The van der Waals surface area contributed by atoms with E-state index < -0.39 is 17.5 Å². The normalized spacial score (nSPS) is 13.3. The molecule has 1 aromatic rings. The molecule has 15 heavy (non-hydrogen) atoms. The van der Waals surface area contributed by atoms with Gasteiger partial charge in [0.2, 0.25) is 0 Å². The first kappa shape index (κ1) is 11.6. The second-order valence-electron chi connectivity index (χ2n) is 4.07. The van der Waals surface area contributed by atoms with E-state index in [0.717, 1.165) is 6.07 Å². The van der Waals surface area contributed by atoms with Gasteiger partial charge in [-0.25, -0.2) is 4.39 Å². The zero-order valence-corrected chi connectivity index (χ0v) is 8.66. The molecule has 0 amide bonds. The van der Waals surface area contributed by atoms with Gasteiger partial charge in [0, 0.05) is 5.54 Å². The van der Waals surface area contributed by atoms with E-state index in [1.165, 1.54) is 12.1 Å². The summed E-state index contributed by atoms with van der Waals surface area (Å²) in [6.45, 7) is 3.32. The summed E-state index contributed by atoms with van der Waals surface area (Å²) in [5.41, 5.74) is 5.24. The summed E-state index contributed by atoms with van der Waals surface area (Å²) in [5.74, 6) is -0.594. The molecule has 1 aromatic carbocycles. The first-order valence-corrected chi connectivity index (χ1v) is 4.52. The first-order valence-electron chi connectivity index (χ1n) is 4.52. The molecule has 1 atom stereocenters. The average Bonchev–Trinajstić information content (AvgIpc) is 2.16. The standard InChI is InChI=1S/C11H13FN2O/c1-11(2,14)10(15)7-3-4-9(12)8(5-7)6-13/h3-5,10,15H,14H2,1-2H3. The number of nitrogens with zero attached hydrogens (tertiary/aromatic N) is 1. The van der Waals surface area contributed by atoms with E-state index in [4.69, 9.17) is 11.0 Å². The number of benzene rings is 1. The number of hydrogen-bond donors (Lipinski definition) is 2. The molecule has 1 rings (SSSR count). The molecule has 0 saturated carbocycles. The van der Waals surface area contributed by atoms with E-state index in [1.807, 2.05) is 0 Å². The van der Waals surface area contributed by atoms with Gasteiger partial charge in [0.05, 0.1) is 11.7 Å². The van der Waals surface area contributed by atoms with Crippen molar-refractivity contribution in [3.8, 4) is 6.07 Å². The third kappa shape index (κ3) is 2.52. The van der Waals surface area contributed by atoms with E-state index in [1.54, 1.807) is 19.9 Å². The molecule has 3 nitrogen and oxygen atoms in total. The Labute approximate surface area is 87.9 Å². The summed E-state index contributed by atoms with van der Waals surface area (Å²) in [7, 11) is 0. The van der Waals surface area contributed by atoms with E-state index in [0.29, 0.717) is 5.56 Å². The van der Waals surface area contributed by atoms with Gasteiger partial charge in [0.15, 0.2) is 0 Å². The fourth-order valence-corrected chi connectivity index (χ4v) is 1.23. The van der Waals surface area contributed by atoms with Crippen molar-refractivity contribution in [2.24, 2.45) is 5.73 Å². The van der Waals surface area contributed by atoms with Crippen molar-refractivity contribution in [2.75, 3.05) is 0 Å². The van der Waals surface area contributed by atoms with E-state index in [2.05, 4.69) is 0 Å². The number of aliphatic hydroxyl groups excluding tert-OH is 1. The molecule has 0 aromatic heterocycles. The van der Waals surface area contributed by atoms with Crippen LogP contribution in [0.2, 0.25) is 0 Å². The van der Waals surface area contributed by atoms with Gasteiger partial charge in [-0.15, -0.1) is 0 Å². The highest BCUT2D eigenvalue weighted by Gasteiger charge is 2.24. The molecule has 3 N–H and O–H groups in total. The Morgan fingerprint density at radius 1 is 1.53 bits per heavy atom. The molecule has 0 spiro atoms. The highest BCUT2D eigenvalue weighted by atomic mass is 19.1. The van der Waals surface area contributed by atoms with Crippen LogP contribution in [0.4, 0.5) is 4.39 Å². The number of rotatable bonds is 2. The average molecular weight is 208 g/mol. The van der Waals surface area contributed by atoms with Gasteiger partial charge in [0.25, 0.3) is 0 Å². The van der Waals surface area contributed by atoms with Crippen LogP contribution in [-0.2, 0) is 0 Å². The van der Waals surface area contributed by atoms with Crippen molar-refractivity contribution in [3.63, 3.8) is 0 Å². The minimum absolute atomic E-state index is 0.0872. The predicted molar refractivity (Wildman–Crippen MR) is 54.3 cm³/mol. The van der Waals surface area contributed by atoms with E-state index in [9.17, 15) is 9.50 Å². The van der Waals surface area contributed by atoms with E-state index >= 15 is 0 Å². The molecule has 80 valence electrons. The van der Waals surface area contributed by atoms with Gasteiger partial charge in [-0.1, -0.05) is 6.07 Å². The molecular formula is C11H13FN2O. The van der Waals surface area contributed by atoms with Crippen LogP contribution in [0.15, 0.2) is 18.2 Å². The Morgan fingerprint density at radius 3 is 2.60 bits per heavy atom. The SMILES string of the molecule is CC(C)(N)C(O)c1ccc(F)c(C#N)c1. The molecular weight excluding hydrogens is 195 g/mol. The van der Waals surface area contributed by atoms with Crippen molar-refractivity contribution in [1.29, 1.82) is 5.26 Å². The third-order valence-electron chi connectivity index (χ3n) is 2.13. The Bertz CT molecular complexity index is 404. The molecule has 0 radical (unpaired) electrons. The molecule has 0 fully saturated rings. The highest BCUT2D eigenvalue weighted by molar-refractivity contribution is 5.36. The fraction of sp³-hybridized carbons (Fsp3) is 0.364. The number of halogens is 1. The van der Waals surface area contributed by atoms with Crippen LogP contribution in [0, 0.1) is 17.1 Å². The lowest BCUT2D eigenvalue weighted by atomic mass is 9.91. The lowest BCUT2D eigenvalue weighted by molar-refractivity contribution is 0.104. The lowest BCUT2D eigenvalue weighted by Gasteiger charge is -2.26. The van der Waals surface area contributed by atoms with Gasteiger partial charge in [-0.3, -0.25) is 0 Å². The predicted octanol–water partition coefficient (Wildman–Crippen LogP) is 1.47. The summed E-state index contributed by atoms with van der Waals surface area (Å²) in [6, 6.07) is 5.61. The summed E-state index contributed by atoms with van der Waals surface area (Å²) in [4.78, 5) is 0. The van der Waals surface area contributed by atoms with Gasteiger partial charge in [0.1, 0.15) is 11.9 Å². The van der Waals surface area contributed by atoms with Crippen LogP contribution in [0.1, 0.15) is 31.1 Å². The number of nitriles is 1. The van der Waals surface area contributed by atoms with Crippen LogP contribution in [0.25, 0.3) is 0 Å². The summed E-state index contributed by atoms with van der Waals surface area (Å²) in [5, 5.41) is 18.4. The molecule has 0 heterocycles. The molecule has 0 aliphatic heterocycles. The summed E-state index contributed by atoms with van der Waals surface area (Å²) < 4.78 is 13.0. The van der Waals surface area contributed by atoms with E-state index in [-0.39, 0.29) is 5.56 Å². The van der Waals surface area contributed by atoms with Crippen LogP contribution in [0.5, 0.6) is 0 Å². The Balaban J connectivity index is 3.13. The largest absolute Gasteiger partial charge is 0.387 e. The molecule has 0 bridgehead atoms. The third-order valence-corrected chi connectivity index (χ3v) is 2.13. The fourth-order valence-electron chi connectivity index (χ4n) is 1.23. The van der Waals surface area contributed by atoms with Crippen molar-refractivity contribution in [2.45, 2.75) is 25.5 Å². The number of aliphatic hydroxyl groups is 1. The Morgan fingerprint density at radius 2 is 2.13 bits per heavy atom.